The Hall–Kier alpha value is -4.57. The Bertz CT molecular complexity index is 2560. The van der Waals surface area contributed by atoms with Crippen LogP contribution < -0.4 is 0 Å². The first kappa shape index (κ1) is 104. The van der Waals surface area contributed by atoms with Crippen LogP contribution in [0.2, 0.25) is 0 Å². The number of rotatable bonds is 81. The van der Waals surface area contributed by atoms with Gasteiger partial charge in [0.1, 0.15) is 25.4 Å². The lowest BCUT2D eigenvalue weighted by atomic mass is 10.0. The van der Waals surface area contributed by atoms with E-state index >= 15 is 0 Å². The number of aliphatic hydroxyl groups excluding tert-OH is 2. The molecule has 109 heavy (non-hydrogen) atoms. The minimum atomic E-state index is -4.94. The Kier molecular flexibility index (Phi) is 79.4. The van der Waals surface area contributed by atoms with Crippen LogP contribution in [0.15, 0.2) is 146 Å². The molecule has 5 unspecified atom stereocenters. The van der Waals surface area contributed by atoms with Gasteiger partial charge in [-0.25, -0.2) is 9.13 Å². The molecule has 0 aromatic carbocycles. The van der Waals surface area contributed by atoms with Gasteiger partial charge in [0.25, 0.3) is 0 Å². The third-order valence-corrected chi connectivity index (χ3v) is 19.9. The summed E-state index contributed by atoms with van der Waals surface area (Å²) < 4.78 is 61.3. The van der Waals surface area contributed by atoms with Crippen molar-refractivity contribution in [2.45, 2.75) is 373 Å². The van der Waals surface area contributed by atoms with Crippen molar-refractivity contribution >= 4 is 33.6 Å². The molecule has 0 rings (SSSR count). The van der Waals surface area contributed by atoms with Crippen LogP contribution >= 0.6 is 15.6 Å². The van der Waals surface area contributed by atoms with Gasteiger partial charge < -0.3 is 34.2 Å². The van der Waals surface area contributed by atoms with E-state index in [1.54, 1.807) is 0 Å². The molecule has 0 saturated carbocycles. The van der Waals surface area contributed by atoms with Gasteiger partial charge in [-0.05, 0) is 148 Å². The predicted molar refractivity (Wildman–Crippen MR) is 454 cm³/mol. The quantitative estimate of drug-likeness (QED) is 0.0146. The Morgan fingerprint density at radius 2 is 0.486 bits per heavy atom. The van der Waals surface area contributed by atoms with Gasteiger partial charge in [0.05, 0.1) is 26.4 Å². The van der Waals surface area contributed by atoms with E-state index in [0.29, 0.717) is 19.3 Å². The first-order chi connectivity index (χ1) is 53.2. The molecule has 626 valence electrons. The lowest BCUT2D eigenvalue weighted by Crippen LogP contribution is -2.30. The largest absolute Gasteiger partial charge is 0.472 e. The van der Waals surface area contributed by atoms with E-state index in [1.165, 1.54) is 135 Å². The van der Waals surface area contributed by atoms with Crippen LogP contribution in [-0.4, -0.2) is 95.9 Å². The number of esters is 3. The second-order valence-electron chi connectivity index (χ2n) is 28.6. The predicted octanol–water partition coefficient (Wildman–Crippen LogP) is 26.0. The zero-order chi connectivity index (χ0) is 79.4. The zero-order valence-electron chi connectivity index (χ0n) is 68.7. The Morgan fingerprint density at radius 3 is 0.771 bits per heavy atom. The van der Waals surface area contributed by atoms with Crippen molar-refractivity contribution in [3.05, 3.63) is 146 Å². The van der Waals surface area contributed by atoms with E-state index in [9.17, 15) is 43.5 Å². The SMILES string of the molecule is CC/C=C\C/C=C\C/C=C\C/C=C\C/C=C\C/C=C\CCCCCCCCCCCCCCC(=O)OCC(O)COP(=O)(O)OCC(O)COP(=O)(O)OCC(COC(=O)CCCCCCCCCCCCC/C=C\C/C=C\C/C=C\C/C=C\CCCCC)OC(=O)CCCCCCC/C=C\C/C=C\CCCCC. The van der Waals surface area contributed by atoms with Gasteiger partial charge in [0.2, 0.25) is 0 Å². The van der Waals surface area contributed by atoms with Gasteiger partial charge >= 0.3 is 33.6 Å². The van der Waals surface area contributed by atoms with Crippen molar-refractivity contribution < 1.29 is 75.8 Å². The third-order valence-electron chi connectivity index (χ3n) is 18.0. The molecule has 0 aliphatic heterocycles. The number of hydrogen-bond donors (Lipinski definition) is 4. The van der Waals surface area contributed by atoms with Crippen molar-refractivity contribution in [3.8, 4) is 0 Å². The van der Waals surface area contributed by atoms with Crippen LogP contribution in [0.5, 0.6) is 0 Å². The summed E-state index contributed by atoms with van der Waals surface area (Å²) in [6, 6.07) is 0. The molecule has 4 N–H and O–H groups in total. The molecule has 0 heterocycles. The maximum absolute atomic E-state index is 13.0. The third kappa shape index (κ3) is 84.2. The van der Waals surface area contributed by atoms with Gasteiger partial charge in [0, 0.05) is 19.3 Å². The van der Waals surface area contributed by atoms with Gasteiger partial charge in [-0.1, -0.05) is 334 Å². The highest BCUT2D eigenvalue weighted by Gasteiger charge is 2.29. The molecule has 5 atom stereocenters. The molecule has 0 fully saturated rings. The molecule has 0 aliphatic carbocycles. The fraction of sp³-hybridized carbons (Fsp3) is 0.703. The highest BCUT2D eigenvalue weighted by atomic mass is 31.2. The number of unbranched alkanes of at least 4 members (excludes halogenated alkanes) is 34. The molecule has 0 amide bonds. The fourth-order valence-electron chi connectivity index (χ4n) is 11.5. The van der Waals surface area contributed by atoms with Gasteiger partial charge in [-0.2, -0.15) is 0 Å². The second-order valence-corrected chi connectivity index (χ2v) is 31.5. The molecule has 16 nitrogen and oxygen atoms in total. The lowest BCUT2D eigenvalue weighted by Gasteiger charge is -2.21. The van der Waals surface area contributed by atoms with E-state index in [2.05, 4.69) is 167 Å². The standard InChI is InChI=1S/C91H156O16P2/c1-4-7-10-13-16-19-22-25-28-30-32-34-36-38-40-41-42-43-45-47-48-50-52-54-57-59-62-65-68-71-74-77-89(94)101-80-86(92)81-103-108(97,98)104-82-87(93)83-105-109(99,100)106-85-88(107-91(96)79-76-73-70-67-64-61-56-27-24-21-18-15-12-9-6-3)84-102-90(95)78-75-72-69-66-63-60-58-55-53-51-49-46-44-39-37-35-33-31-29-26-23-20-17-14-11-8-5-2/h7,10,16-21,25-29,32-35,38-40,42-44,56,86-88,92-93H,4-6,8-9,11-15,22-24,30-31,36-37,41,45-55,57-85H2,1-3H3,(H,97,98)(H,99,100)/b10-7-,19-16-,20-17-,21-18-,28-25-,29-26-,34-32-,35-33-,40-38-,43-42-,44-39-,56-27-. The number of phosphoric acid groups is 2. The minimum absolute atomic E-state index is 0.0861. The maximum atomic E-state index is 13.0. The van der Waals surface area contributed by atoms with Crippen LogP contribution in [0.25, 0.3) is 0 Å². The second kappa shape index (κ2) is 82.9. The van der Waals surface area contributed by atoms with E-state index in [1.807, 2.05) is 0 Å². The average Bonchev–Trinajstić information content (AvgIpc) is 0.940. The topological polar surface area (TPSA) is 231 Å². The van der Waals surface area contributed by atoms with Crippen LogP contribution in [0.3, 0.4) is 0 Å². The molecule has 18 heteroatoms. The summed E-state index contributed by atoms with van der Waals surface area (Å²) in [5, 5.41) is 20.7. The molecule has 0 bridgehead atoms. The summed E-state index contributed by atoms with van der Waals surface area (Å²) in [6.07, 6.45) is 103. The summed E-state index contributed by atoms with van der Waals surface area (Å²) in [6.45, 7) is 2.52. The van der Waals surface area contributed by atoms with Crippen LogP contribution in [0, 0.1) is 0 Å². The Morgan fingerprint density at radius 1 is 0.266 bits per heavy atom. The van der Waals surface area contributed by atoms with Crippen molar-refractivity contribution in [1.29, 1.82) is 0 Å². The molecular weight excluding hydrogens is 1410 g/mol. The summed E-state index contributed by atoms with van der Waals surface area (Å²) in [5.74, 6) is -1.59. The zero-order valence-corrected chi connectivity index (χ0v) is 70.5. The molecule has 0 aromatic heterocycles. The van der Waals surface area contributed by atoms with Crippen molar-refractivity contribution in [3.63, 3.8) is 0 Å². The number of carbonyl (C=O) groups excluding carboxylic acids is 3. The van der Waals surface area contributed by atoms with E-state index in [0.717, 1.165) is 161 Å². The first-order valence-electron chi connectivity index (χ1n) is 43.1. The monoisotopic (exact) mass is 1570 g/mol. The normalized spacial score (nSPS) is 14.6. The minimum Gasteiger partial charge on any atom is -0.463 e. The van der Waals surface area contributed by atoms with E-state index in [4.69, 9.17) is 32.3 Å². The van der Waals surface area contributed by atoms with Gasteiger partial charge in [-0.15, -0.1) is 0 Å². The first-order valence-corrected chi connectivity index (χ1v) is 46.1. The molecule has 0 radical (unpaired) electrons. The fourth-order valence-corrected chi connectivity index (χ4v) is 13.1. The average molecular weight is 1570 g/mol. The van der Waals surface area contributed by atoms with Crippen molar-refractivity contribution in [1.82, 2.24) is 0 Å². The van der Waals surface area contributed by atoms with E-state index < -0.39 is 91.5 Å². The summed E-state index contributed by atoms with van der Waals surface area (Å²) >= 11 is 0. The Labute approximate surface area is 664 Å². The molecule has 0 saturated heterocycles. The number of carbonyl (C=O) groups is 3. The number of phosphoric ester groups is 2. The number of hydrogen-bond acceptors (Lipinski definition) is 14. The number of ether oxygens (including phenoxy) is 3. The lowest BCUT2D eigenvalue weighted by molar-refractivity contribution is -0.161. The van der Waals surface area contributed by atoms with Crippen molar-refractivity contribution in [2.24, 2.45) is 0 Å². The van der Waals surface area contributed by atoms with Crippen LogP contribution in [-0.2, 0) is 55.8 Å². The van der Waals surface area contributed by atoms with E-state index in [-0.39, 0.29) is 19.3 Å². The van der Waals surface area contributed by atoms with Gasteiger partial charge in [-0.3, -0.25) is 32.5 Å². The van der Waals surface area contributed by atoms with Crippen LogP contribution in [0.4, 0.5) is 0 Å². The molecule has 0 spiro atoms. The summed E-state index contributed by atoms with van der Waals surface area (Å²) in [5.41, 5.74) is 0. The molecular formula is C91H156O16P2. The maximum Gasteiger partial charge on any atom is 0.472 e. The number of allylic oxidation sites excluding steroid dienone is 24. The summed E-state index contributed by atoms with van der Waals surface area (Å²) in [4.78, 5) is 58.8. The number of aliphatic hydroxyl groups is 2. The highest BCUT2D eigenvalue weighted by molar-refractivity contribution is 7.47. The molecule has 0 aliphatic rings. The smallest absolute Gasteiger partial charge is 0.463 e. The molecule has 0 aromatic rings. The van der Waals surface area contributed by atoms with Gasteiger partial charge in [0.15, 0.2) is 6.10 Å². The van der Waals surface area contributed by atoms with Crippen LogP contribution in [0.1, 0.15) is 355 Å². The summed E-state index contributed by atoms with van der Waals surface area (Å²) in [7, 11) is -9.80. The Balaban J connectivity index is 4.51. The van der Waals surface area contributed by atoms with Crippen molar-refractivity contribution in [2.75, 3.05) is 39.6 Å². The highest BCUT2D eigenvalue weighted by Crippen LogP contribution is 2.45.